The van der Waals surface area contributed by atoms with Crippen LogP contribution in [-0.2, 0) is 5.41 Å². The molecule has 0 saturated heterocycles. The maximum absolute atomic E-state index is 9.09. The van der Waals surface area contributed by atoms with Crippen LogP contribution in [0.5, 0.6) is 0 Å². The van der Waals surface area contributed by atoms with E-state index in [1.807, 2.05) is 25.2 Å². The predicted octanol–water partition coefficient (Wildman–Crippen LogP) is 4.32. The number of para-hydroxylation sites is 1. The number of hydrogen-bond acceptors (Lipinski definition) is 2. The second-order valence-electron chi connectivity index (χ2n) is 5.49. The van der Waals surface area contributed by atoms with Gasteiger partial charge in [-0.05, 0) is 36.8 Å². The molecule has 20 heavy (non-hydrogen) atoms. The zero-order chi connectivity index (χ0) is 14.8. The number of anilines is 1. The lowest BCUT2D eigenvalue weighted by atomic mass is 9.83. The van der Waals surface area contributed by atoms with Crippen LogP contribution >= 0.6 is 0 Å². The Balaban J connectivity index is 2.48. The van der Waals surface area contributed by atoms with Crippen molar-refractivity contribution in [3.8, 4) is 6.07 Å². The van der Waals surface area contributed by atoms with Crippen molar-refractivity contribution >= 4 is 5.69 Å². The Kier molecular flexibility index (Phi) is 3.81. The first-order chi connectivity index (χ1) is 9.52. The average Bonchev–Trinajstić information content (AvgIpc) is 2.64. The molecule has 2 heteroatoms. The molecule has 0 aromatic heterocycles. The second-order valence-corrected chi connectivity index (χ2v) is 5.49. The number of benzene rings is 1. The molecular weight excluding hydrogens is 244 g/mol. The van der Waals surface area contributed by atoms with Crippen LogP contribution in [0.3, 0.4) is 0 Å². The minimum absolute atomic E-state index is 0.0433. The van der Waals surface area contributed by atoms with Gasteiger partial charge in [-0.25, -0.2) is 0 Å². The molecule has 0 bridgehead atoms. The third-order valence-corrected chi connectivity index (χ3v) is 3.84. The van der Waals surface area contributed by atoms with Crippen molar-refractivity contribution in [3.05, 3.63) is 65.4 Å². The van der Waals surface area contributed by atoms with Gasteiger partial charge in [0.2, 0.25) is 0 Å². The van der Waals surface area contributed by atoms with Crippen molar-refractivity contribution in [3.63, 3.8) is 0 Å². The summed E-state index contributed by atoms with van der Waals surface area (Å²) < 4.78 is 0. The van der Waals surface area contributed by atoms with Crippen molar-refractivity contribution in [2.45, 2.75) is 26.2 Å². The first kappa shape index (κ1) is 14.1. The fraction of sp³-hybridized carbons (Fsp3) is 0.278. The summed E-state index contributed by atoms with van der Waals surface area (Å²) in [6.45, 7) is 6.35. The van der Waals surface area contributed by atoms with Crippen molar-refractivity contribution < 1.29 is 0 Å². The standard InChI is InChI=1S/C18H20N2/c1-5-8-14(13-19)11-12-17-18(2,3)15-9-6-7-10-16(15)20(17)4/h5-12H,1-4H3/b8-5+,14-11+,17-12-. The van der Waals surface area contributed by atoms with E-state index in [1.165, 1.54) is 16.9 Å². The molecule has 102 valence electrons. The topological polar surface area (TPSA) is 27.0 Å². The van der Waals surface area contributed by atoms with Crippen LogP contribution in [0, 0.1) is 11.3 Å². The zero-order valence-corrected chi connectivity index (χ0v) is 12.5. The van der Waals surface area contributed by atoms with E-state index in [2.05, 4.69) is 62.2 Å². The van der Waals surface area contributed by atoms with Gasteiger partial charge in [-0.2, -0.15) is 5.26 Å². The Morgan fingerprint density at radius 2 is 2.00 bits per heavy atom. The Morgan fingerprint density at radius 1 is 1.30 bits per heavy atom. The number of hydrogen-bond donors (Lipinski definition) is 0. The van der Waals surface area contributed by atoms with Crippen molar-refractivity contribution in [2.75, 3.05) is 11.9 Å². The van der Waals surface area contributed by atoms with E-state index in [0.29, 0.717) is 5.57 Å². The van der Waals surface area contributed by atoms with Gasteiger partial charge in [-0.3, -0.25) is 0 Å². The molecule has 0 unspecified atom stereocenters. The van der Waals surface area contributed by atoms with Crippen LogP contribution < -0.4 is 4.90 Å². The Morgan fingerprint density at radius 3 is 2.60 bits per heavy atom. The van der Waals surface area contributed by atoms with Crippen LogP contribution in [0.1, 0.15) is 26.3 Å². The maximum atomic E-state index is 9.09. The van der Waals surface area contributed by atoms with E-state index in [9.17, 15) is 0 Å². The molecule has 1 aliphatic rings. The highest BCUT2D eigenvalue weighted by molar-refractivity contribution is 5.70. The summed E-state index contributed by atoms with van der Waals surface area (Å²) in [6, 6.07) is 10.7. The highest BCUT2D eigenvalue weighted by Crippen LogP contribution is 2.46. The number of nitriles is 1. The molecule has 1 heterocycles. The minimum Gasteiger partial charge on any atom is -0.347 e. The number of rotatable bonds is 2. The predicted molar refractivity (Wildman–Crippen MR) is 84.5 cm³/mol. The molecule has 0 atom stereocenters. The highest BCUT2D eigenvalue weighted by Gasteiger charge is 2.37. The van der Waals surface area contributed by atoms with E-state index < -0.39 is 0 Å². The van der Waals surface area contributed by atoms with E-state index in [-0.39, 0.29) is 5.41 Å². The lowest BCUT2D eigenvalue weighted by Gasteiger charge is -2.23. The Bertz CT molecular complexity index is 640. The van der Waals surface area contributed by atoms with E-state index in [4.69, 9.17) is 5.26 Å². The monoisotopic (exact) mass is 264 g/mol. The van der Waals surface area contributed by atoms with Crippen molar-refractivity contribution in [1.82, 2.24) is 0 Å². The molecule has 2 nitrogen and oxygen atoms in total. The molecule has 0 N–H and O–H groups in total. The second kappa shape index (κ2) is 5.38. The van der Waals surface area contributed by atoms with Gasteiger partial charge in [0.1, 0.15) is 0 Å². The number of allylic oxidation sites excluding steroid dienone is 6. The molecule has 1 aliphatic heterocycles. The van der Waals surface area contributed by atoms with E-state index in [0.717, 1.165) is 0 Å². The molecule has 0 saturated carbocycles. The Hall–Kier alpha value is -2.27. The van der Waals surface area contributed by atoms with Crippen molar-refractivity contribution in [1.29, 1.82) is 5.26 Å². The molecule has 0 aliphatic carbocycles. The summed E-state index contributed by atoms with van der Waals surface area (Å²) >= 11 is 0. The quantitative estimate of drug-likeness (QED) is 0.587. The molecule has 0 radical (unpaired) electrons. The molecule has 1 aromatic rings. The van der Waals surface area contributed by atoms with Crippen LogP contribution in [-0.4, -0.2) is 7.05 Å². The highest BCUT2D eigenvalue weighted by atomic mass is 15.2. The van der Waals surface area contributed by atoms with E-state index >= 15 is 0 Å². The fourth-order valence-electron chi connectivity index (χ4n) is 2.78. The lowest BCUT2D eigenvalue weighted by molar-refractivity contribution is 0.640. The summed E-state index contributed by atoms with van der Waals surface area (Å²) in [6.07, 6.45) is 7.65. The molecule has 0 fully saturated rings. The average molecular weight is 264 g/mol. The van der Waals surface area contributed by atoms with Crippen LogP contribution in [0.2, 0.25) is 0 Å². The largest absolute Gasteiger partial charge is 0.347 e. The van der Waals surface area contributed by atoms with Gasteiger partial charge in [0.05, 0.1) is 11.6 Å². The first-order valence-corrected chi connectivity index (χ1v) is 6.81. The summed E-state index contributed by atoms with van der Waals surface area (Å²) in [4.78, 5) is 2.20. The smallest absolute Gasteiger partial charge is 0.0991 e. The molecular formula is C18H20N2. The summed E-state index contributed by atoms with van der Waals surface area (Å²) in [5.74, 6) is 0. The summed E-state index contributed by atoms with van der Waals surface area (Å²) in [5.41, 5.74) is 4.39. The number of nitrogens with zero attached hydrogens (tertiary/aromatic N) is 2. The maximum Gasteiger partial charge on any atom is 0.0991 e. The summed E-state index contributed by atoms with van der Waals surface area (Å²) in [7, 11) is 2.08. The van der Waals surface area contributed by atoms with Gasteiger partial charge in [0.15, 0.2) is 0 Å². The minimum atomic E-state index is -0.0433. The van der Waals surface area contributed by atoms with Gasteiger partial charge < -0.3 is 4.90 Å². The van der Waals surface area contributed by atoms with Crippen LogP contribution in [0.4, 0.5) is 5.69 Å². The third-order valence-electron chi connectivity index (χ3n) is 3.84. The zero-order valence-electron chi connectivity index (χ0n) is 12.5. The molecule has 2 rings (SSSR count). The van der Waals surface area contributed by atoms with Crippen LogP contribution in [0.25, 0.3) is 0 Å². The van der Waals surface area contributed by atoms with E-state index in [1.54, 1.807) is 0 Å². The summed E-state index contributed by atoms with van der Waals surface area (Å²) in [5, 5.41) is 9.09. The molecule has 0 amide bonds. The van der Waals surface area contributed by atoms with Crippen LogP contribution in [0.15, 0.2) is 59.8 Å². The Labute approximate surface area is 121 Å². The SMILES string of the molecule is C/C=C/C(C#N)=C\C=C1/N(C)c2ccccc2C1(C)C. The molecule has 1 aromatic carbocycles. The lowest BCUT2D eigenvalue weighted by Crippen LogP contribution is -2.22. The number of likely N-dealkylation sites (N-methyl/N-ethyl adjacent to an activating group) is 1. The normalized spacial score (nSPS) is 19.4. The fourth-order valence-corrected chi connectivity index (χ4v) is 2.78. The number of fused-ring (bicyclic) bond motifs is 1. The van der Waals surface area contributed by atoms with Gasteiger partial charge in [0.25, 0.3) is 0 Å². The first-order valence-electron chi connectivity index (χ1n) is 6.81. The third kappa shape index (κ3) is 2.28. The van der Waals surface area contributed by atoms with Gasteiger partial charge in [-0.1, -0.05) is 38.1 Å². The van der Waals surface area contributed by atoms with Gasteiger partial charge in [0, 0.05) is 23.8 Å². The van der Waals surface area contributed by atoms with Gasteiger partial charge >= 0.3 is 0 Å². The molecule has 0 spiro atoms. The van der Waals surface area contributed by atoms with Crippen molar-refractivity contribution in [2.24, 2.45) is 0 Å². The van der Waals surface area contributed by atoms with Gasteiger partial charge in [-0.15, -0.1) is 0 Å².